The molecular formula is C35H31F2N5O5. The number of pyridine rings is 1. The second-order valence-electron chi connectivity index (χ2n) is 12.0. The standard InChI is InChI=1S/C35H31F2N5O5/c36-27-5-8-34(40-30(27)20-46-32-7-1-21(17-38)15-28(32)37)47-23-9-12-41(13-10-23)19-33-39-29-6-2-22(25-3-4-26(25)35(43)44)16-31(29)42(33)18-24-11-14-45-24/h1-2,5-8,15-16,23-26H,9-14,18-20H2,(H,43,44)/t24-,25?,26?/m0/s1. The number of nitrogens with zero attached hydrogens (tertiary/aromatic N) is 5. The number of piperidine rings is 1. The topological polar surface area (TPSA) is 123 Å². The van der Waals surface area contributed by atoms with Crippen molar-refractivity contribution in [2.45, 2.75) is 57.1 Å². The molecule has 47 heavy (non-hydrogen) atoms. The van der Waals surface area contributed by atoms with E-state index >= 15 is 0 Å². The lowest BCUT2D eigenvalue weighted by molar-refractivity contribution is -0.140. The van der Waals surface area contributed by atoms with E-state index in [1.165, 1.54) is 24.3 Å². The number of carboxylic acid groups (broad SMARTS) is 1. The van der Waals surface area contributed by atoms with Crippen LogP contribution in [0.25, 0.3) is 11.0 Å². The molecule has 2 aromatic heterocycles. The third-order valence-electron chi connectivity index (χ3n) is 8.89. The maximum Gasteiger partial charge on any atom is 0.320 e. The number of aliphatic carboxylic acids is 1. The molecule has 4 heterocycles. The van der Waals surface area contributed by atoms with Gasteiger partial charge in [-0.05, 0) is 61.2 Å². The third-order valence-corrected chi connectivity index (χ3v) is 8.89. The predicted molar refractivity (Wildman–Crippen MR) is 164 cm³/mol. The smallest absolute Gasteiger partial charge is 0.320 e. The maximum absolute atomic E-state index is 14.5. The summed E-state index contributed by atoms with van der Waals surface area (Å²) in [5, 5.41) is 18.4. The highest BCUT2D eigenvalue weighted by Gasteiger charge is 2.33. The lowest BCUT2D eigenvalue weighted by Crippen LogP contribution is -2.39. The second-order valence-corrected chi connectivity index (χ2v) is 12.0. The lowest BCUT2D eigenvalue weighted by Gasteiger charge is -2.32. The molecule has 2 fully saturated rings. The first-order valence-electron chi connectivity index (χ1n) is 15.6. The summed E-state index contributed by atoms with van der Waals surface area (Å²) in [5.74, 6) is 3.62. The van der Waals surface area contributed by atoms with E-state index in [-0.39, 0.29) is 47.6 Å². The molecule has 4 aromatic rings. The van der Waals surface area contributed by atoms with Gasteiger partial charge in [0.05, 0.1) is 47.8 Å². The number of fused-ring (bicyclic) bond motifs is 1. The highest BCUT2D eigenvalue weighted by Crippen LogP contribution is 2.33. The molecule has 2 aliphatic heterocycles. The second kappa shape index (κ2) is 13.0. The van der Waals surface area contributed by atoms with Gasteiger partial charge >= 0.3 is 5.97 Å². The quantitative estimate of drug-likeness (QED) is 0.231. The van der Waals surface area contributed by atoms with E-state index in [2.05, 4.69) is 26.3 Å². The summed E-state index contributed by atoms with van der Waals surface area (Å²) in [7, 11) is 0. The first kappa shape index (κ1) is 30.6. The number of ether oxygens (including phenoxy) is 3. The molecule has 1 N–H and O–H groups in total. The number of benzene rings is 2. The average Bonchev–Trinajstić information content (AvgIpc) is 3.35. The molecule has 3 aliphatic rings. The van der Waals surface area contributed by atoms with Crippen molar-refractivity contribution in [3.05, 3.63) is 82.8 Å². The van der Waals surface area contributed by atoms with E-state index in [1.807, 2.05) is 24.3 Å². The molecule has 240 valence electrons. The van der Waals surface area contributed by atoms with Crippen molar-refractivity contribution in [3.63, 3.8) is 0 Å². The number of imidazole rings is 1. The molecule has 12 heteroatoms. The Labute approximate surface area is 269 Å². The highest BCUT2D eigenvalue weighted by molar-refractivity contribution is 5.81. The number of rotatable bonds is 11. The summed E-state index contributed by atoms with van der Waals surface area (Å²) in [6.45, 7) is 3.27. The monoisotopic (exact) mass is 639 g/mol. The van der Waals surface area contributed by atoms with Crippen molar-refractivity contribution in [2.24, 2.45) is 5.92 Å². The maximum atomic E-state index is 14.5. The number of nitriles is 1. The van der Waals surface area contributed by atoms with Crippen LogP contribution in [0.1, 0.15) is 47.8 Å². The van der Waals surface area contributed by atoms with E-state index in [0.717, 1.165) is 67.4 Å². The van der Waals surface area contributed by atoms with Gasteiger partial charge in [0.1, 0.15) is 36.0 Å². The van der Waals surface area contributed by atoms with Crippen LogP contribution in [-0.4, -0.2) is 62.4 Å². The zero-order valence-corrected chi connectivity index (χ0v) is 25.4. The Kier molecular flexibility index (Phi) is 8.46. The fraction of sp³-hybridized carbons (Fsp3) is 0.371. The molecule has 0 saturated carbocycles. The van der Waals surface area contributed by atoms with Crippen molar-refractivity contribution >= 4 is 17.0 Å². The first-order chi connectivity index (χ1) is 22.8. The van der Waals surface area contributed by atoms with E-state index in [0.29, 0.717) is 13.1 Å². The summed E-state index contributed by atoms with van der Waals surface area (Å²) in [6, 6.07) is 14.3. The predicted octanol–water partition coefficient (Wildman–Crippen LogP) is 4.79. The van der Waals surface area contributed by atoms with Crippen LogP contribution in [0.4, 0.5) is 8.78 Å². The van der Waals surface area contributed by atoms with Gasteiger partial charge in [-0.15, -0.1) is 0 Å². The Morgan fingerprint density at radius 1 is 1.06 bits per heavy atom. The van der Waals surface area contributed by atoms with Crippen LogP contribution in [0.2, 0.25) is 0 Å². The molecular weight excluding hydrogens is 608 g/mol. The van der Waals surface area contributed by atoms with Crippen LogP contribution >= 0.6 is 0 Å². The van der Waals surface area contributed by atoms with Crippen LogP contribution in [-0.2, 0) is 29.2 Å². The van der Waals surface area contributed by atoms with E-state index in [4.69, 9.17) is 24.5 Å². The largest absolute Gasteiger partial charge is 0.484 e. The Bertz CT molecular complexity index is 1930. The fourth-order valence-electron chi connectivity index (χ4n) is 6.09. The van der Waals surface area contributed by atoms with Crippen molar-refractivity contribution in [1.29, 1.82) is 5.26 Å². The Morgan fingerprint density at radius 2 is 1.89 bits per heavy atom. The average molecular weight is 640 g/mol. The van der Waals surface area contributed by atoms with Crippen molar-refractivity contribution in [3.8, 4) is 29.5 Å². The zero-order chi connectivity index (χ0) is 32.5. The number of likely N-dealkylation sites (tertiary alicyclic amines) is 1. The van der Waals surface area contributed by atoms with Gasteiger partial charge in [-0.2, -0.15) is 5.26 Å². The summed E-state index contributed by atoms with van der Waals surface area (Å²) in [6.07, 6.45) is 2.44. The SMILES string of the molecule is N#Cc1ccc(OCc2nc(OC3CCN(Cc4nc5ccc(C6C#CC6C(=O)O)cc5n4C[C@@H]4CCO4)CC3)ccc2F)c(F)c1. The Morgan fingerprint density at radius 3 is 2.57 bits per heavy atom. The van der Waals surface area contributed by atoms with Gasteiger partial charge in [-0.3, -0.25) is 9.69 Å². The van der Waals surface area contributed by atoms with Crippen LogP contribution in [0.15, 0.2) is 48.5 Å². The molecule has 2 saturated heterocycles. The minimum Gasteiger partial charge on any atom is -0.484 e. The fourth-order valence-corrected chi connectivity index (χ4v) is 6.09. The number of carboxylic acids is 1. The minimum atomic E-state index is -0.903. The summed E-state index contributed by atoms with van der Waals surface area (Å²) in [5.41, 5.74) is 2.84. The first-order valence-corrected chi connectivity index (χ1v) is 15.6. The number of hydrogen-bond acceptors (Lipinski definition) is 8. The molecule has 1 aliphatic carbocycles. The number of hydrogen-bond donors (Lipinski definition) is 1. The van der Waals surface area contributed by atoms with Crippen molar-refractivity contribution in [2.75, 3.05) is 19.7 Å². The molecule has 2 aromatic carbocycles. The van der Waals surface area contributed by atoms with Crippen molar-refractivity contribution < 1.29 is 32.9 Å². The minimum absolute atomic E-state index is 0.0102. The van der Waals surface area contributed by atoms with Gasteiger partial charge < -0.3 is 23.9 Å². The van der Waals surface area contributed by atoms with E-state index in [1.54, 1.807) is 0 Å². The Hall–Kier alpha value is -5.04. The molecule has 7 rings (SSSR count). The van der Waals surface area contributed by atoms with Crippen LogP contribution in [0.5, 0.6) is 11.6 Å². The molecule has 0 bridgehead atoms. The van der Waals surface area contributed by atoms with Gasteiger partial charge in [-0.25, -0.2) is 18.7 Å². The van der Waals surface area contributed by atoms with Gasteiger partial charge in [0.2, 0.25) is 5.88 Å². The summed E-state index contributed by atoms with van der Waals surface area (Å²) < 4.78 is 48.2. The normalized spacial score (nSPS) is 20.8. The highest BCUT2D eigenvalue weighted by atomic mass is 19.1. The number of carbonyl (C=O) groups is 1. The third kappa shape index (κ3) is 6.48. The van der Waals surface area contributed by atoms with E-state index in [9.17, 15) is 18.7 Å². The molecule has 0 spiro atoms. The molecule has 2 unspecified atom stereocenters. The lowest BCUT2D eigenvalue weighted by atomic mass is 9.80. The van der Waals surface area contributed by atoms with Gasteiger partial charge in [-0.1, -0.05) is 17.9 Å². The molecule has 10 nitrogen and oxygen atoms in total. The van der Waals surface area contributed by atoms with Crippen LogP contribution in [0, 0.1) is 40.7 Å². The number of halogens is 2. The Balaban J connectivity index is 0.989. The van der Waals surface area contributed by atoms with Gasteiger partial charge in [0.25, 0.3) is 0 Å². The number of aromatic nitrogens is 3. The van der Waals surface area contributed by atoms with Gasteiger partial charge in [0.15, 0.2) is 11.6 Å². The summed E-state index contributed by atoms with van der Waals surface area (Å²) in [4.78, 5) is 23.1. The van der Waals surface area contributed by atoms with Gasteiger partial charge in [0, 0.05) is 25.8 Å². The van der Waals surface area contributed by atoms with E-state index < -0.39 is 23.5 Å². The van der Waals surface area contributed by atoms with Crippen LogP contribution < -0.4 is 9.47 Å². The zero-order valence-electron chi connectivity index (χ0n) is 25.4. The molecule has 0 amide bonds. The molecule has 3 atom stereocenters. The molecule has 0 radical (unpaired) electrons. The summed E-state index contributed by atoms with van der Waals surface area (Å²) >= 11 is 0. The van der Waals surface area contributed by atoms with Crippen LogP contribution in [0.3, 0.4) is 0 Å². The van der Waals surface area contributed by atoms with Crippen molar-refractivity contribution in [1.82, 2.24) is 19.4 Å².